The van der Waals surface area contributed by atoms with Crippen LogP contribution in [0.15, 0.2) is 30.5 Å². The van der Waals surface area contributed by atoms with E-state index in [1.165, 1.54) is 37.4 Å². The minimum atomic E-state index is -1.45. The molecule has 2 aromatic heterocycles. The summed E-state index contributed by atoms with van der Waals surface area (Å²) < 4.78 is 91.2. The highest BCUT2D eigenvalue weighted by molar-refractivity contribution is 6.02. The summed E-state index contributed by atoms with van der Waals surface area (Å²) in [6.07, 6.45) is -1.89. The third kappa shape index (κ3) is 8.30. The minimum Gasteiger partial charge on any atom is -0.461 e. The number of carbonyl (C=O) groups excluding carboxylic acids is 3. The predicted octanol–water partition coefficient (Wildman–Crippen LogP) is 7.26. The summed E-state index contributed by atoms with van der Waals surface area (Å²) in [5.41, 5.74) is -2.14. The van der Waals surface area contributed by atoms with Gasteiger partial charge in [0.1, 0.15) is 47.5 Å². The van der Waals surface area contributed by atoms with Crippen LogP contribution in [0.1, 0.15) is 71.3 Å². The average Bonchev–Trinajstić information content (AvgIpc) is 3.70. The molecule has 320 valence electrons. The number of alkyl halides is 2. The van der Waals surface area contributed by atoms with Gasteiger partial charge in [-0.15, -0.1) is 0 Å². The molecular weight excluding hydrogens is 792 g/mol. The minimum absolute atomic E-state index is 0.0204. The number of carbonyl (C=O) groups is 3. The largest absolute Gasteiger partial charge is 0.516 e. The number of rotatable bonds is 8. The fourth-order valence-electron chi connectivity index (χ4n) is 9.16. The summed E-state index contributed by atoms with van der Waals surface area (Å²) in [6.45, 7) is 5.56. The number of hydrogen-bond donors (Lipinski definition) is 1. The zero-order chi connectivity index (χ0) is 42.3. The number of anilines is 1. The molecule has 0 radical (unpaired) electrons. The van der Waals surface area contributed by atoms with E-state index < -0.39 is 59.6 Å². The molecule has 1 N–H and O–H groups in total. The number of pyridine rings is 1. The third-order valence-corrected chi connectivity index (χ3v) is 11.6. The van der Waals surface area contributed by atoms with Gasteiger partial charge in [-0.1, -0.05) is 13.0 Å². The molecule has 5 atom stereocenters. The second-order valence-electron chi connectivity index (χ2n) is 16.4. The highest BCUT2D eigenvalue weighted by Gasteiger charge is 2.49. The molecule has 3 fully saturated rings. The van der Waals surface area contributed by atoms with Gasteiger partial charge < -0.3 is 33.9 Å². The quantitative estimate of drug-likeness (QED) is 0.0820. The Morgan fingerprint density at radius 3 is 2.72 bits per heavy atom. The Bertz CT molecular complexity index is 2340. The van der Waals surface area contributed by atoms with E-state index >= 15 is 13.2 Å². The van der Waals surface area contributed by atoms with Gasteiger partial charge in [-0.25, -0.2) is 27.2 Å². The summed E-state index contributed by atoms with van der Waals surface area (Å²) in [5, 5.41) is 3.45. The highest BCUT2D eigenvalue weighted by atomic mass is 19.1. The number of piperidine rings is 1. The average molecular weight is 839 g/mol. The predicted molar refractivity (Wildman–Crippen MR) is 209 cm³/mol. The number of benzene rings is 2. The van der Waals surface area contributed by atoms with Gasteiger partial charge in [0.25, 0.3) is 0 Å². The van der Waals surface area contributed by atoms with Crippen LogP contribution in [0, 0.1) is 11.6 Å². The molecule has 60 heavy (non-hydrogen) atoms. The fourth-order valence-corrected chi connectivity index (χ4v) is 9.16. The molecule has 18 heteroatoms. The van der Waals surface area contributed by atoms with Crippen molar-refractivity contribution in [1.82, 2.24) is 25.2 Å². The van der Waals surface area contributed by atoms with Gasteiger partial charge in [-0.2, -0.15) is 9.97 Å². The summed E-state index contributed by atoms with van der Waals surface area (Å²) in [6, 6.07) is 5.15. The molecule has 7 heterocycles. The third-order valence-electron chi connectivity index (χ3n) is 11.6. The molecule has 0 saturated carbocycles. The van der Waals surface area contributed by atoms with Crippen molar-refractivity contribution in [3.05, 3.63) is 47.7 Å². The van der Waals surface area contributed by atoms with Crippen molar-refractivity contribution in [2.24, 2.45) is 0 Å². The molecule has 5 aliphatic heterocycles. The van der Waals surface area contributed by atoms with Crippen molar-refractivity contribution >= 4 is 45.7 Å². The smallest absolute Gasteiger partial charge is 0.461 e. The first-order chi connectivity index (χ1) is 28.7. The molecule has 2 aromatic carbocycles. The number of nitrogens with zero attached hydrogens (tertiary/aromatic N) is 5. The number of aromatic nitrogens is 3. The number of aryl methyl sites for hydroxylation is 1. The van der Waals surface area contributed by atoms with Crippen molar-refractivity contribution in [2.75, 3.05) is 44.3 Å². The Labute approximate surface area is 342 Å². The van der Waals surface area contributed by atoms with E-state index in [0.717, 1.165) is 6.42 Å². The maximum absolute atomic E-state index is 17.5. The van der Waals surface area contributed by atoms with Crippen molar-refractivity contribution in [3.8, 4) is 23.0 Å². The Morgan fingerprint density at radius 2 is 1.90 bits per heavy atom. The topological polar surface area (TPSA) is 155 Å². The lowest BCUT2D eigenvalue weighted by atomic mass is 9.90. The van der Waals surface area contributed by atoms with Gasteiger partial charge in [0.15, 0.2) is 5.82 Å². The summed E-state index contributed by atoms with van der Waals surface area (Å²) in [7, 11) is 0. The lowest BCUT2D eigenvalue weighted by Crippen LogP contribution is -2.60. The van der Waals surface area contributed by atoms with E-state index in [1.807, 2.05) is 0 Å². The molecule has 6 bridgehead atoms. The number of hydrogen-bond acceptors (Lipinski definition) is 13. The zero-order valence-electron chi connectivity index (χ0n) is 33.5. The van der Waals surface area contributed by atoms with E-state index in [2.05, 4.69) is 25.2 Å². The Balaban J connectivity index is 1.27. The van der Waals surface area contributed by atoms with Crippen molar-refractivity contribution in [2.45, 2.75) is 102 Å². The highest BCUT2D eigenvalue weighted by Crippen LogP contribution is 2.43. The maximum atomic E-state index is 17.5. The number of fused-ring (bicyclic) bond motifs is 7. The second kappa shape index (κ2) is 16.5. The monoisotopic (exact) mass is 838 g/mol. The van der Waals surface area contributed by atoms with Crippen molar-refractivity contribution < 1.29 is 55.6 Å². The summed E-state index contributed by atoms with van der Waals surface area (Å²) in [5.74, 6) is -2.21. The molecule has 0 aliphatic carbocycles. The summed E-state index contributed by atoms with van der Waals surface area (Å²) >= 11 is 0. The first-order valence-electron chi connectivity index (χ1n) is 20.3. The first-order valence-corrected chi connectivity index (χ1v) is 20.3. The van der Waals surface area contributed by atoms with Crippen LogP contribution >= 0.6 is 0 Å². The summed E-state index contributed by atoms with van der Waals surface area (Å²) in [4.78, 5) is 55.4. The lowest BCUT2D eigenvalue weighted by molar-refractivity contribution is -0.166. The van der Waals surface area contributed by atoms with E-state index in [0.29, 0.717) is 24.8 Å². The van der Waals surface area contributed by atoms with Gasteiger partial charge >= 0.3 is 24.2 Å². The van der Waals surface area contributed by atoms with E-state index in [1.54, 1.807) is 18.7 Å². The molecular formula is C42H46F4N6O8. The van der Waals surface area contributed by atoms with Crippen LogP contribution in [0.3, 0.4) is 0 Å². The Morgan fingerprint density at radius 1 is 1.08 bits per heavy atom. The van der Waals surface area contributed by atoms with Gasteiger partial charge in [-0.05, 0) is 80.1 Å². The zero-order valence-corrected chi connectivity index (χ0v) is 33.5. The SMILES string of the molecule is CCCC(=O)OC(C)OC(=O)Oc1cc2c3c(c(F)ccc3c1)CCCOC(=O)N[C@]1(C)C[C@@H](F)CN(C1)c1nc(OC[C@@]34CCCN3C[C@H](F)C4)nc3c(F)c-2ncc13. The molecule has 3 saturated heterocycles. The number of esters is 1. The van der Waals surface area contributed by atoms with Crippen LogP contribution in [0.4, 0.5) is 33.0 Å². The second-order valence-corrected chi connectivity index (χ2v) is 16.4. The van der Waals surface area contributed by atoms with Gasteiger partial charge in [-0.3, -0.25) is 14.7 Å². The van der Waals surface area contributed by atoms with Crippen LogP contribution in [-0.2, 0) is 25.4 Å². The Hall–Kier alpha value is -5.52. The number of halogens is 4. The molecule has 5 aliphatic rings. The number of amides is 1. The van der Waals surface area contributed by atoms with Crippen LogP contribution in [0.2, 0.25) is 0 Å². The lowest BCUT2D eigenvalue weighted by Gasteiger charge is -2.42. The van der Waals surface area contributed by atoms with Crippen molar-refractivity contribution in [3.63, 3.8) is 0 Å². The van der Waals surface area contributed by atoms with Gasteiger partial charge in [0, 0.05) is 51.0 Å². The number of alkyl carbamates (subject to hydrolysis) is 1. The van der Waals surface area contributed by atoms with Gasteiger partial charge in [0.05, 0.1) is 29.6 Å². The molecule has 1 unspecified atom stereocenters. The number of nitrogens with one attached hydrogen (secondary N) is 1. The molecule has 4 aromatic rings. The van der Waals surface area contributed by atoms with Crippen LogP contribution in [-0.4, -0.2) is 107 Å². The van der Waals surface area contributed by atoms with E-state index in [9.17, 15) is 18.8 Å². The normalized spacial score (nSPS) is 24.8. The van der Waals surface area contributed by atoms with E-state index in [-0.39, 0.29) is 116 Å². The fraction of sp³-hybridized carbons (Fsp3) is 0.524. The van der Waals surface area contributed by atoms with Crippen molar-refractivity contribution in [1.29, 1.82) is 0 Å². The van der Waals surface area contributed by atoms with Crippen LogP contribution in [0.25, 0.3) is 32.9 Å². The maximum Gasteiger partial charge on any atom is 0.516 e. The van der Waals surface area contributed by atoms with Crippen LogP contribution < -0.4 is 19.7 Å². The number of ether oxygens (including phenoxy) is 5. The van der Waals surface area contributed by atoms with Gasteiger partial charge in [0.2, 0.25) is 6.29 Å². The standard InChI is InChI=1S/C42H46F4N6O8/c1-4-7-32(53)58-23(2)59-40(55)60-27-14-24-9-10-31(45)28-8-5-13-56-39(54)50-41(3)16-25(43)19-51(21-41)37-30-18-47-35(29(15-27)33(24)28)34(46)36(30)48-38(49-37)57-22-42-11-6-12-52(42)20-26(44)17-42/h9-10,14-15,18,23,25-26H,4-8,11-13,16-17,19-22H2,1-3H3,(H,50,54)/t23?,25-,26-,41-,42+/m1/s1. The first kappa shape index (κ1) is 41.2. The Kier molecular flexibility index (Phi) is 11.3. The molecule has 1 amide bonds. The van der Waals surface area contributed by atoms with E-state index in [4.69, 9.17) is 23.7 Å². The van der Waals surface area contributed by atoms with Crippen LogP contribution in [0.5, 0.6) is 11.8 Å². The molecule has 14 nitrogen and oxygen atoms in total. The molecule has 0 spiro atoms. The molecule has 9 rings (SSSR count).